The summed E-state index contributed by atoms with van der Waals surface area (Å²) in [6.45, 7) is 3.99. The molecule has 1 aromatic carbocycles. The van der Waals surface area contributed by atoms with Gasteiger partial charge in [0.25, 0.3) is 0 Å². The Bertz CT molecular complexity index is 333. The first-order chi connectivity index (χ1) is 6.58. The second-order valence-electron chi connectivity index (χ2n) is 3.05. The Kier molecular flexibility index (Phi) is 5.08. The van der Waals surface area contributed by atoms with Crippen molar-refractivity contribution in [1.29, 1.82) is 0 Å². The molecule has 0 atom stereocenters. The van der Waals surface area contributed by atoms with Gasteiger partial charge in [0.2, 0.25) is 0 Å². The number of hydrogen-bond donors (Lipinski definition) is 0. The molecule has 0 radical (unpaired) electrons. The van der Waals surface area contributed by atoms with Crippen LogP contribution in [0.4, 0.5) is 0 Å². The summed E-state index contributed by atoms with van der Waals surface area (Å²) in [5, 5.41) is 0. The first-order valence-electron chi connectivity index (χ1n) is 4.18. The quantitative estimate of drug-likeness (QED) is 0.774. The van der Waals surface area contributed by atoms with Crippen molar-refractivity contribution in [2.75, 3.05) is 0 Å². The van der Waals surface area contributed by atoms with Crippen LogP contribution < -0.4 is 4.74 Å². The van der Waals surface area contributed by atoms with Crippen molar-refractivity contribution in [3.05, 3.63) is 29.8 Å². The number of rotatable bonds is 3. The van der Waals surface area contributed by atoms with Gasteiger partial charge in [-0.2, -0.15) is 0 Å². The molecule has 0 heterocycles. The molecule has 0 spiro atoms. The molecule has 0 bridgehead atoms. The van der Waals surface area contributed by atoms with Crippen LogP contribution in [0.15, 0.2) is 24.3 Å². The molecule has 1 aromatic rings. The van der Waals surface area contributed by atoms with Gasteiger partial charge in [-0.1, -0.05) is 0 Å². The molecular formula is C10H12Cl2ORu. The third kappa shape index (κ3) is 4.55. The Morgan fingerprint density at radius 2 is 2.07 bits per heavy atom. The van der Waals surface area contributed by atoms with Crippen LogP contribution in [0.5, 0.6) is 5.75 Å². The molecule has 1 rings (SSSR count). The van der Waals surface area contributed by atoms with Crippen molar-refractivity contribution >= 4 is 24.0 Å². The van der Waals surface area contributed by atoms with Crippen LogP contribution in [0.25, 0.3) is 0 Å². The topological polar surface area (TPSA) is 9.23 Å². The van der Waals surface area contributed by atoms with E-state index >= 15 is 0 Å². The fraction of sp³-hybridized carbons (Fsp3) is 0.300. The van der Waals surface area contributed by atoms with Gasteiger partial charge in [0.1, 0.15) is 0 Å². The zero-order valence-electron chi connectivity index (χ0n) is 7.98. The Labute approximate surface area is 97.5 Å². The van der Waals surface area contributed by atoms with E-state index in [0.717, 1.165) is 11.3 Å². The molecule has 0 unspecified atom stereocenters. The van der Waals surface area contributed by atoms with Gasteiger partial charge in [-0.05, 0) is 0 Å². The molecule has 80 valence electrons. The number of ether oxygens (including phenoxy) is 1. The van der Waals surface area contributed by atoms with Crippen molar-refractivity contribution in [3.8, 4) is 5.75 Å². The summed E-state index contributed by atoms with van der Waals surface area (Å²) in [5.74, 6) is 0.859. The molecule has 4 heteroatoms. The van der Waals surface area contributed by atoms with E-state index in [4.69, 9.17) is 24.1 Å². The van der Waals surface area contributed by atoms with Crippen molar-refractivity contribution in [2.24, 2.45) is 0 Å². The van der Waals surface area contributed by atoms with Crippen LogP contribution in [0, 0.1) is 0 Å². The van der Waals surface area contributed by atoms with E-state index in [2.05, 4.69) is 0 Å². The summed E-state index contributed by atoms with van der Waals surface area (Å²) in [5.41, 5.74) is 1.03. The maximum atomic E-state index is 5.78. The molecule has 0 saturated heterocycles. The van der Waals surface area contributed by atoms with E-state index in [0.29, 0.717) is 0 Å². The van der Waals surface area contributed by atoms with Crippen molar-refractivity contribution < 1.29 is 18.3 Å². The minimum atomic E-state index is -1.73. The second-order valence-corrected chi connectivity index (χ2v) is 8.77. The van der Waals surface area contributed by atoms with Crippen LogP contribution in [0.1, 0.15) is 19.4 Å². The summed E-state index contributed by atoms with van der Waals surface area (Å²) in [6, 6.07) is 7.79. The summed E-state index contributed by atoms with van der Waals surface area (Å²) in [4.78, 5) is 0. The Morgan fingerprint density at radius 1 is 1.36 bits per heavy atom. The molecule has 0 amide bonds. The molecule has 0 aromatic heterocycles. The molecule has 0 saturated carbocycles. The zero-order valence-corrected chi connectivity index (χ0v) is 11.2. The van der Waals surface area contributed by atoms with Gasteiger partial charge in [-0.15, -0.1) is 0 Å². The van der Waals surface area contributed by atoms with E-state index in [9.17, 15) is 0 Å². The van der Waals surface area contributed by atoms with Crippen LogP contribution >= 0.6 is 19.4 Å². The normalized spacial score (nSPS) is 11.4. The average Bonchev–Trinajstić information content (AvgIpc) is 2.01. The monoisotopic (exact) mass is 320 g/mol. The predicted octanol–water partition coefficient (Wildman–Crippen LogP) is 3.55. The molecule has 1 nitrogen and oxygen atoms in total. The van der Waals surface area contributed by atoms with Crippen LogP contribution in [-0.2, 0) is 13.5 Å². The van der Waals surface area contributed by atoms with Gasteiger partial charge in [-0.3, -0.25) is 0 Å². The molecule has 0 N–H and O–H groups in total. The fourth-order valence-corrected chi connectivity index (χ4v) is 2.82. The van der Waals surface area contributed by atoms with Crippen molar-refractivity contribution in [2.45, 2.75) is 20.0 Å². The first kappa shape index (κ1) is 12.2. The minimum absolute atomic E-state index is 0.186. The fourth-order valence-electron chi connectivity index (χ4n) is 1.01. The van der Waals surface area contributed by atoms with E-state index in [1.54, 1.807) is 0 Å². The second kappa shape index (κ2) is 5.85. The van der Waals surface area contributed by atoms with Gasteiger partial charge in [0.05, 0.1) is 0 Å². The first-order valence-corrected chi connectivity index (χ1v) is 9.66. The SMILES string of the molecule is CC(C)Oc1cccc([CH]=[Ru]([Cl])[Cl])c1. The van der Waals surface area contributed by atoms with Crippen molar-refractivity contribution in [3.63, 3.8) is 0 Å². The van der Waals surface area contributed by atoms with E-state index in [1.165, 1.54) is 0 Å². The molecule has 0 aliphatic rings. The standard InChI is InChI=1S/C10H12O.2ClH.Ru/c1-8(2)11-10-6-4-5-9(3)7-10;;;/h3-8H,1-2H3;2*1H;/q;;;+2/p-2. The summed E-state index contributed by atoms with van der Waals surface area (Å²) >= 11 is -1.73. The Balaban J connectivity index is 2.84. The van der Waals surface area contributed by atoms with Crippen LogP contribution in [-0.4, -0.2) is 10.7 Å². The Morgan fingerprint density at radius 3 is 2.64 bits per heavy atom. The van der Waals surface area contributed by atoms with Gasteiger partial charge < -0.3 is 0 Å². The summed E-state index contributed by atoms with van der Waals surface area (Å²) in [6.07, 6.45) is 0.186. The van der Waals surface area contributed by atoms with Gasteiger partial charge in [-0.25, -0.2) is 0 Å². The number of halogens is 2. The van der Waals surface area contributed by atoms with Gasteiger partial charge in [0.15, 0.2) is 0 Å². The molecule has 14 heavy (non-hydrogen) atoms. The molecular weight excluding hydrogens is 308 g/mol. The predicted molar refractivity (Wildman–Crippen MR) is 59.1 cm³/mol. The van der Waals surface area contributed by atoms with E-state index in [-0.39, 0.29) is 6.10 Å². The molecule has 0 aliphatic heterocycles. The molecule has 0 aliphatic carbocycles. The summed E-state index contributed by atoms with van der Waals surface area (Å²) < 4.78 is 7.45. The van der Waals surface area contributed by atoms with Crippen LogP contribution in [0.3, 0.4) is 0 Å². The van der Waals surface area contributed by atoms with Crippen LogP contribution in [0.2, 0.25) is 0 Å². The number of benzene rings is 1. The van der Waals surface area contributed by atoms with Crippen molar-refractivity contribution in [1.82, 2.24) is 0 Å². The third-order valence-corrected chi connectivity index (χ3v) is 3.30. The van der Waals surface area contributed by atoms with E-state index < -0.39 is 13.5 Å². The Hall–Kier alpha value is 0.0934. The number of hydrogen-bond acceptors (Lipinski definition) is 1. The average molecular weight is 320 g/mol. The zero-order chi connectivity index (χ0) is 10.6. The molecule has 0 fully saturated rings. The third-order valence-electron chi connectivity index (χ3n) is 1.42. The van der Waals surface area contributed by atoms with E-state index in [1.807, 2.05) is 42.7 Å². The summed E-state index contributed by atoms with van der Waals surface area (Å²) in [7, 11) is 11.6. The van der Waals surface area contributed by atoms with Gasteiger partial charge in [0, 0.05) is 0 Å². The maximum absolute atomic E-state index is 5.78. The van der Waals surface area contributed by atoms with Gasteiger partial charge >= 0.3 is 97.8 Å².